The van der Waals surface area contributed by atoms with E-state index < -0.39 is 5.60 Å². The van der Waals surface area contributed by atoms with Gasteiger partial charge in [0.15, 0.2) is 0 Å². The van der Waals surface area contributed by atoms with Crippen molar-refractivity contribution in [1.82, 2.24) is 9.88 Å². The first-order valence-electron chi connectivity index (χ1n) is 9.77. The quantitative estimate of drug-likeness (QED) is 0.905. The van der Waals surface area contributed by atoms with E-state index in [0.717, 1.165) is 43.1 Å². The SMILES string of the molecule is Cc1ccc(C2(O)CCN(C[C@H]3CC(=O)N(c4ccccc4)C3)CC2)nc1. The fourth-order valence-electron chi connectivity index (χ4n) is 4.23. The first kappa shape index (κ1) is 18.1. The first-order valence-corrected chi connectivity index (χ1v) is 9.77. The van der Waals surface area contributed by atoms with Gasteiger partial charge in [-0.2, -0.15) is 0 Å². The molecule has 2 aliphatic rings. The number of nitrogens with zero attached hydrogens (tertiary/aromatic N) is 3. The Morgan fingerprint density at radius 2 is 1.89 bits per heavy atom. The first-order chi connectivity index (χ1) is 13.0. The van der Waals surface area contributed by atoms with Gasteiger partial charge in [0.2, 0.25) is 5.91 Å². The van der Waals surface area contributed by atoms with Crippen LogP contribution in [-0.2, 0) is 10.4 Å². The van der Waals surface area contributed by atoms with Crippen LogP contribution in [0.5, 0.6) is 0 Å². The molecule has 2 aromatic rings. The molecule has 0 spiro atoms. The van der Waals surface area contributed by atoms with E-state index in [0.29, 0.717) is 25.2 Å². The number of pyridine rings is 1. The molecule has 142 valence electrons. The van der Waals surface area contributed by atoms with Crippen molar-refractivity contribution in [3.05, 3.63) is 59.9 Å². The maximum Gasteiger partial charge on any atom is 0.227 e. The van der Waals surface area contributed by atoms with Crippen LogP contribution in [-0.4, -0.2) is 47.1 Å². The number of carbonyl (C=O) groups excluding carboxylic acids is 1. The Kier molecular flexibility index (Phi) is 4.98. The topological polar surface area (TPSA) is 56.7 Å². The number of hydrogen-bond donors (Lipinski definition) is 1. The lowest BCUT2D eigenvalue weighted by Gasteiger charge is -2.38. The number of piperidine rings is 1. The van der Waals surface area contributed by atoms with Crippen LogP contribution in [0.3, 0.4) is 0 Å². The number of benzene rings is 1. The van der Waals surface area contributed by atoms with Crippen molar-refractivity contribution in [1.29, 1.82) is 0 Å². The lowest BCUT2D eigenvalue weighted by molar-refractivity contribution is -0.117. The molecule has 1 N–H and O–H groups in total. The Balaban J connectivity index is 1.33. The molecule has 5 heteroatoms. The molecule has 2 fully saturated rings. The average Bonchev–Trinajstić information content (AvgIpc) is 3.05. The summed E-state index contributed by atoms with van der Waals surface area (Å²) in [6, 6.07) is 13.9. The van der Waals surface area contributed by atoms with E-state index in [4.69, 9.17) is 0 Å². The number of hydrogen-bond acceptors (Lipinski definition) is 4. The molecular weight excluding hydrogens is 338 g/mol. The second-order valence-corrected chi connectivity index (χ2v) is 7.96. The normalized spacial score (nSPS) is 23.0. The summed E-state index contributed by atoms with van der Waals surface area (Å²) in [5.41, 5.74) is 2.04. The van der Waals surface area contributed by atoms with Crippen molar-refractivity contribution in [3.63, 3.8) is 0 Å². The van der Waals surface area contributed by atoms with Crippen molar-refractivity contribution >= 4 is 11.6 Å². The highest BCUT2D eigenvalue weighted by molar-refractivity contribution is 5.95. The average molecular weight is 365 g/mol. The minimum atomic E-state index is -0.828. The van der Waals surface area contributed by atoms with Gasteiger partial charge in [-0.3, -0.25) is 9.78 Å². The number of likely N-dealkylation sites (tertiary alicyclic amines) is 1. The van der Waals surface area contributed by atoms with Crippen LogP contribution in [0, 0.1) is 12.8 Å². The molecule has 1 atom stereocenters. The highest BCUT2D eigenvalue weighted by Crippen LogP contribution is 2.33. The standard InChI is InChI=1S/C22H27N3O2/c1-17-7-8-20(23-14-17)22(27)9-11-24(12-10-22)15-18-13-21(26)25(16-18)19-5-3-2-4-6-19/h2-8,14,18,27H,9-13,15-16H2,1H3/t18-/m1/s1. The van der Waals surface area contributed by atoms with Crippen LogP contribution >= 0.6 is 0 Å². The lowest BCUT2D eigenvalue weighted by Crippen LogP contribution is -2.44. The van der Waals surface area contributed by atoms with Gasteiger partial charge in [0.25, 0.3) is 0 Å². The van der Waals surface area contributed by atoms with Gasteiger partial charge in [-0.05, 0) is 49.4 Å². The second kappa shape index (κ2) is 7.41. The van der Waals surface area contributed by atoms with Gasteiger partial charge >= 0.3 is 0 Å². The molecule has 27 heavy (non-hydrogen) atoms. The predicted molar refractivity (Wildman–Crippen MR) is 105 cm³/mol. The van der Waals surface area contributed by atoms with E-state index in [1.54, 1.807) is 0 Å². The van der Waals surface area contributed by atoms with Crippen LogP contribution < -0.4 is 4.90 Å². The van der Waals surface area contributed by atoms with Gasteiger partial charge < -0.3 is 14.9 Å². The molecule has 1 amide bonds. The van der Waals surface area contributed by atoms with E-state index in [1.165, 1.54) is 0 Å². The summed E-state index contributed by atoms with van der Waals surface area (Å²) in [6.07, 6.45) is 3.80. The molecule has 5 nitrogen and oxygen atoms in total. The van der Waals surface area contributed by atoms with Crippen LogP contribution in [0.15, 0.2) is 48.7 Å². The van der Waals surface area contributed by atoms with Gasteiger partial charge in [0.1, 0.15) is 5.60 Å². The molecule has 1 aromatic carbocycles. The summed E-state index contributed by atoms with van der Waals surface area (Å²) >= 11 is 0. The monoisotopic (exact) mass is 365 g/mol. The van der Waals surface area contributed by atoms with E-state index in [2.05, 4.69) is 9.88 Å². The van der Waals surface area contributed by atoms with Crippen molar-refractivity contribution < 1.29 is 9.90 Å². The largest absolute Gasteiger partial charge is 0.383 e. The number of rotatable bonds is 4. The molecule has 1 aromatic heterocycles. The number of para-hydroxylation sites is 1. The third kappa shape index (κ3) is 3.89. The maximum atomic E-state index is 12.4. The van der Waals surface area contributed by atoms with Gasteiger partial charge in [0.05, 0.1) is 5.69 Å². The number of anilines is 1. The zero-order valence-electron chi connectivity index (χ0n) is 15.8. The number of amides is 1. The molecule has 2 aliphatic heterocycles. The van der Waals surface area contributed by atoms with Gasteiger partial charge in [-0.1, -0.05) is 24.3 Å². The minimum Gasteiger partial charge on any atom is -0.383 e. The second-order valence-electron chi connectivity index (χ2n) is 7.96. The highest BCUT2D eigenvalue weighted by Gasteiger charge is 2.37. The Hall–Kier alpha value is -2.24. The van der Waals surface area contributed by atoms with E-state index in [9.17, 15) is 9.90 Å². The van der Waals surface area contributed by atoms with Crippen molar-refractivity contribution in [2.45, 2.75) is 31.8 Å². The van der Waals surface area contributed by atoms with Crippen LogP contribution in [0.4, 0.5) is 5.69 Å². The fourth-order valence-corrected chi connectivity index (χ4v) is 4.23. The number of aromatic nitrogens is 1. The molecule has 0 saturated carbocycles. The zero-order valence-corrected chi connectivity index (χ0v) is 15.8. The molecule has 3 heterocycles. The van der Waals surface area contributed by atoms with Crippen molar-refractivity contribution in [3.8, 4) is 0 Å². The summed E-state index contributed by atoms with van der Waals surface area (Å²) < 4.78 is 0. The fraction of sp³-hybridized carbons (Fsp3) is 0.455. The van der Waals surface area contributed by atoms with Crippen molar-refractivity contribution in [2.24, 2.45) is 5.92 Å². The highest BCUT2D eigenvalue weighted by atomic mass is 16.3. The minimum absolute atomic E-state index is 0.212. The van der Waals surface area contributed by atoms with Gasteiger partial charge in [-0.25, -0.2) is 0 Å². The van der Waals surface area contributed by atoms with Crippen LogP contribution in [0.1, 0.15) is 30.5 Å². The third-order valence-electron chi connectivity index (χ3n) is 5.86. The molecule has 4 rings (SSSR count). The zero-order chi connectivity index (χ0) is 18.9. The van der Waals surface area contributed by atoms with Crippen LogP contribution in [0.25, 0.3) is 0 Å². The summed E-state index contributed by atoms with van der Waals surface area (Å²) in [7, 11) is 0. The van der Waals surface area contributed by atoms with Gasteiger partial charge in [-0.15, -0.1) is 0 Å². The Labute approximate surface area is 160 Å². The maximum absolute atomic E-state index is 12.4. The van der Waals surface area contributed by atoms with E-state index in [-0.39, 0.29) is 5.91 Å². The Morgan fingerprint density at radius 3 is 2.56 bits per heavy atom. The van der Waals surface area contributed by atoms with E-state index in [1.807, 2.05) is 60.5 Å². The summed E-state index contributed by atoms with van der Waals surface area (Å²) in [5.74, 6) is 0.560. The van der Waals surface area contributed by atoms with Crippen LogP contribution in [0.2, 0.25) is 0 Å². The molecular formula is C22H27N3O2. The summed E-state index contributed by atoms with van der Waals surface area (Å²) in [5, 5.41) is 11.0. The van der Waals surface area contributed by atoms with E-state index >= 15 is 0 Å². The summed E-state index contributed by atoms with van der Waals surface area (Å²) in [6.45, 7) is 5.37. The number of aryl methyl sites for hydroxylation is 1. The number of aliphatic hydroxyl groups is 1. The Bertz CT molecular complexity index is 783. The lowest BCUT2D eigenvalue weighted by atomic mass is 9.87. The number of carbonyl (C=O) groups is 1. The summed E-state index contributed by atoms with van der Waals surface area (Å²) in [4.78, 5) is 21.1. The predicted octanol–water partition coefficient (Wildman–Crippen LogP) is 2.73. The molecule has 0 bridgehead atoms. The third-order valence-corrected chi connectivity index (χ3v) is 5.86. The van der Waals surface area contributed by atoms with Crippen molar-refractivity contribution in [2.75, 3.05) is 31.1 Å². The molecule has 0 unspecified atom stereocenters. The molecule has 2 saturated heterocycles. The van der Waals surface area contributed by atoms with Gasteiger partial charge in [0, 0.05) is 44.5 Å². The smallest absolute Gasteiger partial charge is 0.227 e. The molecule has 0 aliphatic carbocycles. The Morgan fingerprint density at radius 1 is 1.15 bits per heavy atom. The molecule has 0 radical (unpaired) electrons.